The fraction of sp³-hybridized carbons (Fsp3) is 0.267. The van der Waals surface area contributed by atoms with Crippen molar-refractivity contribution in [2.75, 3.05) is 11.9 Å². The van der Waals surface area contributed by atoms with Crippen LogP contribution in [0.5, 0.6) is 0 Å². The van der Waals surface area contributed by atoms with Gasteiger partial charge >= 0.3 is 0 Å². The van der Waals surface area contributed by atoms with Crippen molar-refractivity contribution in [3.63, 3.8) is 0 Å². The Labute approximate surface area is 111 Å². The summed E-state index contributed by atoms with van der Waals surface area (Å²) in [7, 11) is 0. The molecule has 0 saturated carbocycles. The molecule has 2 aromatic carbocycles. The summed E-state index contributed by atoms with van der Waals surface area (Å²) in [6.45, 7) is 0.678. The first kappa shape index (κ1) is 12.1. The van der Waals surface area contributed by atoms with Crippen LogP contribution in [-0.4, -0.2) is 29.7 Å². The largest absolute Gasteiger partial charge is 0.391 e. The van der Waals surface area contributed by atoms with Crippen molar-refractivity contribution in [1.29, 1.82) is 0 Å². The first-order valence-corrected chi connectivity index (χ1v) is 6.45. The van der Waals surface area contributed by atoms with Crippen molar-refractivity contribution in [2.24, 2.45) is 0 Å². The molecular weight excluding hydrogens is 240 g/mol. The second kappa shape index (κ2) is 4.99. The molecule has 1 aliphatic rings. The Balaban J connectivity index is 1.79. The van der Waals surface area contributed by atoms with Crippen LogP contribution < -0.4 is 10.6 Å². The lowest BCUT2D eigenvalue weighted by Gasteiger charge is -2.15. The monoisotopic (exact) mass is 256 g/mol. The Kier molecular flexibility index (Phi) is 3.19. The van der Waals surface area contributed by atoms with Crippen LogP contribution in [0.4, 0.5) is 5.69 Å². The van der Waals surface area contributed by atoms with E-state index in [1.807, 2.05) is 42.5 Å². The number of benzene rings is 2. The molecule has 19 heavy (non-hydrogen) atoms. The zero-order chi connectivity index (χ0) is 13.2. The Morgan fingerprint density at radius 1 is 1.21 bits per heavy atom. The van der Waals surface area contributed by atoms with E-state index in [9.17, 15) is 9.90 Å². The van der Waals surface area contributed by atoms with E-state index < -0.39 is 12.1 Å². The predicted molar refractivity (Wildman–Crippen MR) is 75.0 cm³/mol. The number of fused-ring (bicyclic) bond motifs is 1. The summed E-state index contributed by atoms with van der Waals surface area (Å²) in [5.41, 5.74) is 0.754. The molecular formula is C15H16N2O2. The summed E-state index contributed by atoms with van der Waals surface area (Å²) in [6.07, 6.45) is 0.0240. The van der Waals surface area contributed by atoms with Crippen LogP contribution in [0, 0.1) is 0 Å². The maximum Gasteiger partial charge on any atom is 0.244 e. The number of rotatable bonds is 2. The van der Waals surface area contributed by atoms with Crippen molar-refractivity contribution >= 4 is 22.4 Å². The topological polar surface area (TPSA) is 61.4 Å². The molecule has 2 atom stereocenters. The second-order valence-electron chi connectivity index (χ2n) is 4.84. The van der Waals surface area contributed by atoms with Crippen molar-refractivity contribution in [1.82, 2.24) is 5.32 Å². The molecule has 0 spiro atoms. The molecule has 0 bridgehead atoms. The maximum absolute atomic E-state index is 12.0. The van der Waals surface area contributed by atoms with Crippen molar-refractivity contribution < 1.29 is 9.90 Å². The minimum absolute atomic E-state index is 0.180. The second-order valence-corrected chi connectivity index (χ2v) is 4.84. The minimum atomic E-state index is -0.597. The van der Waals surface area contributed by atoms with Crippen molar-refractivity contribution in [3.8, 4) is 0 Å². The van der Waals surface area contributed by atoms with Gasteiger partial charge in [-0.2, -0.15) is 0 Å². The summed E-state index contributed by atoms with van der Waals surface area (Å²) in [6, 6.07) is 13.3. The summed E-state index contributed by atoms with van der Waals surface area (Å²) >= 11 is 0. The first-order valence-electron chi connectivity index (χ1n) is 6.45. The van der Waals surface area contributed by atoms with E-state index in [2.05, 4.69) is 10.6 Å². The van der Waals surface area contributed by atoms with E-state index in [-0.39, 0.29) is 5.91 Å². The van der Waals surface area contributed by atoms with E-state index in [1.54, 1.807) is 0 Å². The van der Waals surface area contributed by atoms with Gasteiger partial charge in [-0.25, -0.2) is 0 Å². The molecule has 1 aliphatic heterocycles. The van der Waals surface area contributed by atoms with E-state index >= 15 is 0 Å². The highest BCUT2D eigenvalue weighted by Crippen LogP contribution is 2.19. The fourth-order valence-electron chi connectivity index (χ4n) is 2.44. The SMILES string of the molecule is O=C(Nc1ccc2ccccc2c1)[C@H]1NCCC1O. The molecule has 2 aromatic rings. The first-order chi connectivity index (χ1) is 9.24. The highest BCUT2D eigenvalue weighted by Gasteiger charge is 2.30. The molecule has 3 N–H and O–H groups in total. The Bertz CT molecular complexity index is 612. The highest BCUT2D eigenvalue weighted by atomic mass is 16.3. The van der Waals surface area contributed by atoms with Crippen LogP contribution in [0.2, 0.25) is 0 Å². The van der Waals surface area contributed by atoms with Gasteiger partial charge in [-0.3, -0.25) is 4.79 Å². The molecule has 4 nitrogen and oxygen atoms in total. The van der Waals surface area contributed by atoms with Gasteiger partial charge in [0.1, 0.15) is 6.04 Å². The number of hydrogen-bond donors (Lipinski definition) is 3. The molecule has 0 radical (unpaired) electrons. The number of aliphatic hydroxyl groups excluding tert-OH is 1. The molecule has 0 aromatic heterocycles. The molecule has 1 unspecified atom stereocenters. The van der Waals surface area contributed by atoms with Gasteiger partial charge in [-0.05, 0) is 35.9 Å². The van der Waals surface area contributed by atoms with Crippen LogP contribution >= 0.6 is 0 Å². The van der Waals surface area contributed by atoms with Crippen molar-refractivity contribution in [3.05, 3.63) is 42.5 Å². The fourth-order valence-corrected chi connectivity index (χ4v) is 2.44. The number of aliphatic hydroxyl groups is 1. The minimum Gasteiger partial charge on any atom is -0.391 e. The van der Waals surface area contributed by atoms with Gasteiger partial charge in [0.2, 0.25) is 5.91 Å². The molecule has 3 rings (SSSR count). The number of carbonyl (C=O) groups excluding carboxylic acids is 1. The summed E-state index contributed by atoms with van der Waals surface area (Å²) in [5, 5.41) is 17.8. The summed E-state index contributed by atoms with van der Waals surface area (Å²) in [5.74, 6) is -0.180. The van der Waals surface area contributed by atoms with Crippen LogP contribution in [0.25, 0.3) is 10.8 Å². The summed E-state index contributed by atoms with van der Waals surface area (Å²) < 4.78 is 0. The van der Waals surface area contributed by atoms with Gasteiger partial charge in [0.05, 0.1) is 6.10 Å². The van der Waals surface area contributed by atoms with Crippen LogP contribution in [0.15, 0.2) is 42.5 Å². The lowest BCUT2D eigenvalue weighted by atomic mass is 10.1. The quantitative estimate of drug-likeness (QED) is 0.763. The highest BCUT2D eigenvalue weighted by molar-refractivity contribution is 5.97. The number of nitrogens with one attached hydrogen (secondary N) is 2. The number of carbonyl (C=O) groups is 1. The molecule has 1 amide bonds. The molecule has 98 valence electrons. The molecule has 4 heteroatoms. The maximum atomic E-state index is 12.0. The zero-order valence-electron chi connectivity index (χ0n) is 10.5. The van der Waals surface area contributed by atoms with E-state index in [4.69, 9.17) is 0 Å². The average Bonchev–Trinajstić information content (AvgIpc) is 2.85. The molecule has 0 aliphatic carbocycles. The Morgan fingerprint density at radius 3 is 2.74 bits per heavy atom. The normalized spacial score (nSPS) is 22.6. The van der Waals surface area contributed by atoms with E-state index in [1.165, 1.54) is 0 Å². The molecule has 1 heterocycles. The van der Waals surface area contributed by atoms with Crippen molar-refractivity contribution in [2.45, 2.75) is 18.6 Å². The van der Waals surface area contributed by atoms with Gasteiger partial charge in [-0.1, -0.05) is 30.3 Å². The van der Waals surface area contributed by atoms with Gasteiger partial charge in [0, 0.05) is 5.69 Å². The predicted octanol–water partition coefficient (Wildman–Crippen LogP) is 1.50. The average molecular weight is 256 g/mol. The lowest BCUT2D eigenvalue weighted by Crippen LogP contribution is -2.42. The smallest absolute Gasteiger partial charge is 0.244 e. The number of amides is 1. The standard InChI is InChI=1S/C15H16N2O2/c18-13-7-8-16-14(13)15(19)17-12-6-5-10-3-1-2-4-11(10)9-12/h1-6,9,13-14,16,18H,7-8H2,(H,17,19)/t13?,14-/m0/s1. The third kappa shape index (κ3) is 2.45. The molecule has 1 fully saturated rings. The third-order valence-electron chi connectivity index (χ3n) is 3.49. The third-order valence-corrected chi connectivity index (χ3v) is 3.49. The van der Waals surface area contributed by atoms with Gasteiger partial charge < -0.3 is 15.7 Å². The number of hydrogen-bond acceptors (Lipinski definition) is 3. The summed E-state index contributed by atoms with van der Waals surface area (Å²) in [4.78, 5) is 12.0. The van der Waals surface area contributed by atoms with Crippen LogP contribution in [0.1, 0.15) is 6.42 Å². The Hall–Kier alpha value is -1.91. The van der Waals surface area contributed by atoms with Gasteiger partial charge in [0.25, 0.3) is 0 Å². The van der Waals surface area contributed by atoms with Gasteiger partial charge in [0.15, 0.2) is 0 Å². The van der Waals surface area contributed by atoms with E-state index in [0.717, 1.165) is 16.5 Å². The lowest BCUT2D eigenvalue weighted by molar-refractivity contribution is -0.119. The van der Waals surface area contributed by atoms with Crippen LogP contribution in [0.3, 0.4) is 0 Å². The molecule has 1 saturated heterocycles. The van der Waals surface area contributed by atoms with E-state index in [0.29, 0.717) is 13.0 Å². The van der Waals surface area contributed by atoms with Crippen LogP contribution in [-0.2, 0) is 4.79 Å². The van der Waals surface area contributed by atoms with Gasteiger partial charge in [-0.15, -0.1) is 0 Å². The zero-order valence-corrected chi connectivity index (χ0v) is 10.5. The number of anilines is 1. The Morgan fingerprint density at radius 2 is 2.00 bits per heavy atom.